The zero-order valence-corrected chi connectivity index (χ0v) is 23.0. The molecule has 0 saturated carbocycles. The van der Waals surface area contributed by atoms with Gasteiger partial charge in [0.1, 0.15) is 12.6 Å². The van der Waals surface area contributed by atoms with Crippen molar-refractivity contribution in [3.63, 3.8) is 0 Å². The van der Waals surface area contributed by atoms with E-state index in [2.05, 4.69) is 5.32 Å². The number of nitrogens with one attached hydrogen (secondary N) is 1. The van der Waals surface area contributed by atoms with Crippen LogP contribution in [-0.4, -0.2) is 51.0 Å². The highest BCUT2D eigenvalue weighted by molar-refractivity contribution is 7.92. The number of likely N-dealkylation sites (N-methyl/N-ethyl adjacent to an activating group) is 1. The van der Waals surface area contributed by atoms with Crippen molar-refractivity contribution >= 4 is 39.1 Å². The number of amides is 2. The number of sulfonamides is 1. The number of carbonyl (C=O) groups excluding carboxylic acids is 2. The Bertz CT molecular complexity index is 1340. The van der Waals surface area contributed by atoms with E-state index in [1.54, 1.807) is 30.3 Å². The third kappa shape index (κ3) is 7.81. The monoisotopic (exact) mass is 541 g/mol. The molecule has 0 aliphatic heterocycles. The van der Waals surface area contributed by atoms with Crippen molar-refractivity contribution in [2.24, 2.45) is 0 Å². The molecule has 9 heteroatoms. The molecule has 0 aromatic heterocycles. The van der Waals surface area contributed by atoms with Gasteiger partial charge in [-0.05, 0) is 60.4 Å². The smallest absolute Gasteiger partial charge is 0.244 e. The molecule has 0 aliphatic carbocycles. The van der Waals surface area contributed by atoms with Crippen molar-refractivity contribution in [3.05, 3.63) is 100 Å². The van der Waals surface area contributed by atoms with Gasteiger partial charge in [-0.1, -0.05) is 60.1 Å². The lowest BCUT2D eigenvalue weighted by atomic mass is 10.0. The predicted molar refractivity (Wildman–Crippen MR) is 148 cm³/mol. The Balaban J connectivity index is 2.04. The lowest BCUT2D eigenvalue weighted by Gasteiger charge is -2.33. The van der Waals surface area contributed by atoms with Crippen molar-refractivity contribution in [2.45, 2.75) is 32.9 Å². The molecule has 37 heavy (non-hydrogen) atoms. The van der Waals surface area contributed by atoms with E-state index >= 15 is 0 Å². The minimum absolute atomic E-state index is 0.0781. The SMILES string of the molecule is CNC(=O)C(Cc1ccccc1)N(Cc1cccc(Cl)c1)C(=O)CN(c1cc(C)cc(C)c1)S(C)(=O)=O. The molecule has 2 amide bonds. The molecule has 0 saturated heterocycles. The fourth-order valence-corrected chi connectivity index (χ4v) is 5.31. The first kappa shape index (κ1) is 28.2. The summed E-state index contributed by atoms with van der Waals surface area (Å²) in [5, 5.41) is 3.15. The molecule has 1 atom stereocenters. The number of hydrogen-bond donors (Lipinski definition) is 1. The summed E-state index contributed by atoms with van der Waals surface area (Å²) in [6.45, 7) is 3.36. The topological polar surface area (TPSA) is 86.8 Å². The average molecular weight is 542 g/mol. The zero-order chi connectivity index (χ0) is 27.2. The van der Waals surface area contributed by atoms with Crippen LogP contribution in [0.5, 0.6) is 0 Å². The maximum absolute atomic E-state index is 13.9. The quantitative estimate of drug-likeness (QED) is 0.418. The number of halogens is 1. The Morgan fingerprint density at radius 3 is 2.11 bits per heavy atom. The number of benzene rings is 3. The standard InChI is InChI=1S/C28H32ClN3O4S/c1-20-13-21(2)15-25(14-20)32(37(4,35)36)19-27(33)31(18-23-11-8-12-24(29)16-23)26(28(34)30-3)17-22-9-6-5-7-10-22/h5-16,26H,17-19H2,1-4H3,(H,30,34). The summed E-state index contributed by atoms with van der Waals surface area (Å²) in [5.41, 5.74) is 3.74. The van der Waals surface area contributed by atoms with E-state index < -0.39 is 28.5 Å². The highest BCUT2D eigenvalue weighted by atomic mass is 35.5. The second-order valence-electron chi connectivity index (χ2n) is 9.09. The van der Waals surface area contributed by atoms with Crippen molar-refractivity contribution in [1.82, 2.24) is 10.2 Å². The summed E-state index contributed by atoms with van der Waals surface area (Å²) in [4.78, 5) is 28.4. The summed E-state index contributed by atoms with van der Waals surface area (Å²) < 4.78 is 26.7. The zero-order valence-electron chi connectivity index (χ0n) is 21.4. The van der Waals surface area contributed by atoms with E-state index in [0.717, 1.165) is 32.8 Å². The molecule has 3 aromatic rings. The van der Waals surface area contributed by atoms with Gasteiger partial charge in [0, 0.05) is 25.0 Å². The van der Waals surface area contributed by atoms with Gasteiger partial charge in [-0.3, -0.25) is 13.9 Å². The number of nitrogens with zero attached hydrogens (tertiary/aromatic N) is 2. The average Bonchev–Trinajstić information content (AvgIpc) is 2.83. The van der Waals surface area contributed by atoms with Gasteiger partial charge in [-0.15, -0.1) is 0 Å². The molecular weight excluding hydrogens is 510 g/mol. The summed E-state index contributed by atoms with van der Waals surface area (Å²) in [6.07, 6.45) is 1.33. The van der Waals surface area contributed by atoms with E-state index in [4.69, 9.17) is 11.6 Å². The van der Waals surface area contributed by atoms with Crippen LogP contribution >= 0.6 is 11.6 Å². The third-order valence-electron chi connectivity index (χ3n) is 5.93. The first-order valence-corrected chi connectivity index (χ1v) is 14.1. The molecule has 1 N–H and O–H groups in total. The van der Waals surface area contributed by atoms with Crippen LogP contribution < -0.4 is 9.62 Å². The molecule has 196 valence electrons. The van der Waals surface area contributed by atoms with E-state index in [1.165, 1.54) is 11.9 Å². The second-order valence-corrected chi connectivity index (χ2v) is 11.4. The molecule has 0 spiro atoms. The van der Waals surface area contributed by atoms with E-state index in [0.29, 0.717) is 10.7 Å². The molecule has 3 rings (SSSR count). The Labute approximate surface area is 224 Å². The Hall–Kier alpha value is -3.36. The Kier molecular flexibility index (Phi) is 9.34. The van der Waals surface area contributed by atoms with E-state index in [1.807, 2.05) is 56.3 Å². The number of carbonyl (C=O) groups is 2. The molecule has 7 nitrogen and oxygen atoms in total. The summed E-state index contributed by atoms with van der Waals surface area (Å²) >= 11 is 6.19. The van der Waals surface area contributed by atoms with Crippen molar-refractivity contribution in [3.8, 4) is 0 Å². The molecule has 0 radical (unpaired) electrons. The molecular formula is C28H32ClN3O4S. The second kappa shape index (κ2) is 12.3. The lowest BCUT2D eigenvalue weighted by Crippen LogP contribution is -2.52. The van der Waals surface area contributed by atoms with Crippen LogP contribution in [-0.2, 0) is 32.6 Å². The fourth-order valence-electron chi connectivity index (χ4n) is 4.26. The van der Waals surface area contributed by atoms with Crippen molar-refractivity contribution < 1.29 is 18.0 Å². The number of rotatable bonds is 10. The number of hydrogen-bond acceptors (Lipinski definition) is 4. The molecule has 0 bridgehead atoms. The van der Waals surface area contributed by atoms with Gasteiger partial charge < -0.3 is 10.2 Å². The summed E-state index contributed by atoms with van der Waals surface area (Å²) in [6, 6.07) is 20.9. The van der Waals surface area contributed by atoms with Crippen LogP contribution in [0.15, 0.2) is 72.8 Å². The first-order valence-electron chi connectivity index (χ1n) is 11.8. The Morgan fingerprint density at radius 2 is 1.54 bits per heavy atom. The van der Waals surface area contributed by atoms with Gasteiger partial charge in [-0.2, -0.15) is 0 Å². The van der Waals surface area contributed by atoms with Crippen LogP contribution in [0.4, 0.5) is 5.69 Å². The summed E-state index contributed by atoms with van der Waals surface area (Å²) in [5.74, 6) is -0.856. The van der Waals surface area contributed by atoms with E-state index in [9.17, 15) is 18.0 Å². The summed E-state index contributed by atoms with van der Waals surface area (Å²) in [7, 11) is -2.29. The Morgan fingerprint density at radius 1 is 0.919 bits per heavy atom. The van der Waals surface area contributed by atoms with Crippen molar-refractivity contribution in [2.75, 3.05) is 24.2 Å². The van der Waals surface area contributed by atoms with Crippen LogP contribution in [0.3, 0.4) is 0 Å². The predicted octanol–water partition coefficient (Wildman–Crippen LogP) is 4.11. The van der Waals surface area contributed by atoms with Crippen LogP contribution in [0.1, 0.15) is 22.3 Å². The van der Waals surface area contributed by atoms with Gasteiger partial charge in [-0.25, -0.2) is 8.42 Å². The fraction of sp³-hybridized carbons (Fsp3) is 0.286. The maximum atomic E-state index is 13.9. The minimum atomic E-state index is -3.81. The largest absolute Gasteiger partial charge is 0.357 e. The maximum Gasteiger partial charge on any atom is 0.244 e. The molecule has 0 fully saturated rings. The van der Waals surface area contributed by atoms with Crippen molar-refractivity contribution in [1.29, 1.82) is 0 Å². The molecule has 1 unspecified atom stereocenters. The van der Waals surface area contributed by atoms with Crippen LogP contribution in [0.2, 0.25) is 5.02 Å². The van der Waals surface area contributed by atoms with Gasteiger partial charge in [0.15, 0.2) is 0 Å². The third-order valence-corrected chi connectivity index (χ3v) is 7.31. The van der Waals surface area contributed by atoms with Gasteiger partial charge >= 0.3 is 0 Å². The van der Waals surface area contributed by atoms with Crippen LogP contribution in [0.25, 0.3) is 0 Å². The molecule has 0 aliphatic rings. The van der Waals surface area contributed by atoms with Crippen LogP contribution in [0, 0.1) is 13.8 Å². The highest BCUT2D eigenvalue weighted by Crippen LogP contribution is 2.23. The normalized spacial score (nSPS) is 12.0. The van der Waals surface area contributed by atoms with E-state index in [-0.39, 0.29) is 18.9 Å². The number of anilines is 1. The highest BCUT2D eigenvalue weighted by Gasteiger charge is 2.32. The number of aryl methyl sites for hydroxylation is 2. The minimum Gasteiger partial charge on any atom is -0.357 e. The van der Waals surface area contributed by atoms with Gasteiger partial charge in [0.2, 0.25) is 21.8 Å². The van der Waals surface area contributed by atoms with Gasteiger partial charge in [0.25, 0.3) is 0 Å². The molecule has 0 heterocycles. The first-order chi connectivity index (χ1) is 17.5. The molecule has 3 aromatic carbocycles. The lowest BCUT2D eigenvalue weighted by molar-refractivity contribution is -0.139. The van der Waals surface area contributed by atoms with Gasteiger partial charge in [0.05, 0.1) is 11.9 Å².